The SMILES string of the molecule is CNCCCc1nccc(C2CCC2)n1. The predicted octanol–water partition coefficient (Wildman–Crippen LogP) is 1.90. The molecule has 1 heterocycles. The first kappa shape index (κ1) is 10.6. The van der Waals surface area contributed by atoms with E-state index in [1.807, 2.05) is 13.2 Å². The van der Waals surface area contributed by atoms with E-state index in [9.17, 15) is 0 Å². The molecule has 15 heavy (non-hydrogen) atoms. The van der Waals surface area contributed by atoms with E-state index < -0.39 is 0 Å². The largest absolute Gasteiger partial charge is 0.320 e. The molecule has 0 atom stereocenters. The van der Waals surface area contributed by atoms with E-state index in [0.29, 0.717) is 0 Å². The Kier molecular flexibility index (Phi) is 3.67. The lowest BCUT2D eigenvalue weighted by molar-refractivity contribution is 0.409. The highest BCUT2D eigenvalue weighted by atomic mass is 14.9. The number of aryl methyl sites for hydroxylation is 1. The summed E-state index contributed by atoms with van der Waals surface area (Å²) in [7, 11) is 1.98. The van der Waals surface area contributed by atoms with Gasteiger partial charge < -0.3 is 5.32 Å². The molecule has 1 aromatic rings. The van der Waals surface area contributed by atoms with Crippen molar-refractivity contribution in [1.82, 2.24) is 15.3 Å². The Hall–Kier alpha value is -0.960. The molecule has 0 aromatic carbocycles. The quantitative estimate of drug-likeness (QED) is 0.746. The fourth-order valence-corrected chi connectivity index (χ4v) is 1.89. The second kappa shape index (κ2) is 5.21. The number of rotatable bonds is 5. The summed E-state index contributed by atoms with van der Waals surface area (Å²) in [6.45, 7) is 1.04. The van der Waals surface area contributed by atoms with Gasteiger partial charge in [0.05, 0.1) is 0 Å². The van der Waals surface area contributed by atoms with Crippen molar-refractivity contribution in [2.24, 2.45) is 0 Å². The number of aromatic nitrogens is 2. The van der Waals surface area contributed by atoms with Gasteiger partial charge in [0.2, 0.25) is 0 Å². The highest BCUT2D eigenvalue weighted by molar-refractivity contribution is 5.11. The molecule has 2 rings (SSSR count). The monoisotopic (exact) mass is 205 g/mol. The zero-order valence-electron chi connectivity index (χ0n) is 9.37. The molecule has 1 fully saturated rings. The Morgan fingerprint density at radius 2 is 2.33 bits per heavy atom. The minimum absolute atomic E-state index is 0.719. The zero-order valence-corrected chi connectivity index (χ0v) is 9.37. The maximum Gasteiger partial charge on any atom is 0.128 e. The van der Waals surface area contributed by atoms with E-state index in [4.69, 9.17) is 0 Å². The van der Waals surface area contributed by atoms with Gasteiger partial charge in [0.25, 0.3) is 0 Å². The lowest BCUT2D eigenvalue weighted by Gasteiger charge is -2.24. The summed E-state index contributed by atoms with van der Waals surface area (Å²) in [5, 5.41) is 3.14. The van der Waals surface area contributed by atoms with Crippen molar-refractivity contribution in [3.63, 3.8) is 0 Å². The minimum Gasteiger partial charge on any atom is -0.320 e. The Morgan fingerprint density at radius 3 is 3.00 bits per heavy atom. The van der Waals surface area contributed by atoms with Crippen LogP contribution >= 0.6 is 0 Å². The summed E-state index contributed by atoms with van der Waals surface area (Å²) in [4.78, 5) is 8.94. The van der Waals surface area contributed by atoms with Crippen LogP contribution in [-0.2, 0) is 6.42 Å². The lowest BCUT2D eigenvalue weighted by atomic mass is 9.83. The van der Waals surface area contributed by atoms with Crippen LogP contribution in [0.1, 0.15) is 43.1 Å². The molecule has 0 saturated heterocycles. The van der Waals surface area contributed by atoms with Gasteiger partial charge in [0, 0.05) is 24.2 Å². The molecule has 0 unspecified atom stereocenters. The van der Waals surface area contributed by atoms with Crippen LogP contribution in [-0.4, -0.2) is 23.6 Å². The van der Waals surface area contributed by atoms with E-state index in [1.165, 1.54) is 25.0 Å². The molecule has 3 heteroatoms. The fourth-order valence-electron chi connectivity index (χ4n) is 1.89. The maximum atomic E-state index is 4.63. The van der Waals surface area contributed by atoms with Crippen molar-refractivity contribution in [2.75, 3.05) is 13.6 Å². The maximum absolute atomic E-state index is 4.63. The molecule has 1 aliphatic carbocycles. The summed E-state index contributed by atoms with van der Waals surface area (Å²) in [6.07, 6.45) is 8.01. The third kappa shape index (κ3) is 2.75. The van der Waals surface area contributed by atoms with Gasteiger partial charge >= 0.3 is 0 Å². The molecule has 0 radical (unpaired) electrons. The third-order valence-corrected chi connectivity index (χ3v) is 3.08. The number of nitrogens with one attached hydrogen (secondary N) is 1. The Balaban J connectivity index is 1.92. The first-order chi connectivity index (χ1) is 7.40. The van der Waals surface area contributed by atoms with Crippen molar-refractivity contribution in [3.8, 4) is 0 Å². The van der Waals surface area contributed by atoms with E-state index in [0.717, 1.165) is 31.1 Å². The van der Waals surface area contributed by atoms with Crippen LogP contribution in [0.3, 0.4) is 0 Å². The Bertz CT molecular complexity index is 307. The molecular weight excluding hydrogens is 186 g/mol. The molecule has 0 amide bonds. The fraction of sp³-hybridized carbons (Fsp3) is 0.667. The molecule has 0 spiro atoms. The highest BCUT2D eigenvalue weighted by Crippen LogP contribution is 2.34. The van der Waals surface area contributed by atoms with Crippen LogP contribution in [0.2, 0.25) is 0 Å². The third-order valence-electron chi connectivity index (χ3n) is 3.08. The van der Waals surface area contributed by atoms with E-state index in [-0.39, 0.29) is 0 Å². The average molecular weight is 205 g/mol. The molecule has 1 N–H and O–H groups in total. The van der Waals surface area contributed by atoms with Crippen molar-refractivity contribution >= 4 is 0 Å². The van der Waals surface area contributed by atoms with Gasteiger partial charge in [-0.05, 0) is 38.9 Å². The second-order valence-electron chi connectivity index (χ2n) is 4.23. The van der Waals surface area contributed by atoms with Gasteiger partial charge in [0.1, 0.15) is 5.82 Å². The summed E-state index contributed by atoms with van der Waals surface area (Å²) in [6, 6.07) is 2.07. The van der Waals surface area contributed by atoms with Gasteiger partial charge in [-0.15, -0.1) is 0 Å². The second-order valence-corrected chi connectivity index (χ2v) is 4.23. The standard InChI is InChI=1S/C12H19N3/c1-13-8-3-6-12-14-9-7-11(15-12)10-4-2-5-10/h7,9-10,13H,2-6,8H2,1H3. The lowest BCUT2D eigenvalue weighted by Crippen LogP contribution is -2.13. The van der Waals surface area contributed by atoms with Crippen LogP contribution in [0, 0.1) is 0 Å². The molecule has 0 bridgehead atoms. The average Bonchev–Trinajstić information content (AvgIpc) is 2.16. The van der Waals surface area contributed by atoms with Crippen LogP contribution in [0.15, 0.2) is 12.3 Å². The van der Waals surface area contributed by atoms with Crippen molar-refractivity contribution < 1.29 is 0 Å². The normalized spacial score (nSPS) is 16.3. The zero-order chi connectivity index (χ0) is 10.5. The molecule has 1 aromatic heterocycles. The van der Waals surface area contributed by atoms with Gasteiger partial charge in [-0.2, -0.15) is 0 Å². The summed E-state index contributed by atoms with van der Waals surface area (Å²) >= 11 is 0. The minimum atomic E-state index is 0.719. The van der Waals surface area contributed by atoms with Gasteiger partial charge in [-0.25, -0.2) is 9.97 Å². The Morgan fingerprint density at radius 1 is 1.47 bits per heavy atom. The van der Waals surface area contributed by atoms with E-state index in [1.54, 1.807) is 0 Å². The number of hydrogen-bond donors (Lipinski definition) is 1. The number of nitrogens with zero attached hydrogens (tertiary/aromatic N) is 2. The highest BCUT2D eigenvalue weighted by Gasteiger charge is 2.20. The van der Waals surface area contributed by atoms with Gasteiger partial charge in [0.15, 0.2) is 0 Å². The topological polar surface area (TPSA) is 37.8 Å². The summed E-state index contributed by atoms with van der Waals surface area (Å²) in [5.74, 6) is 1.73. The summed E-state index contributed by atoms with van der Waals surface area (Å²) in [5.41, 5.74) is 1.26. The van der Waals surface area contributed by atoms with Crippen LogP contribution in [0.5, 0.6) is 0 Å². The molecule has 0 aliphatic heterocycles. The molecular formula is C12H19N3. The molecule has 1 saturated carbocycles. The van der Waals surface area contributed by atoms with E-state index >= 15 is 0 Å². The molecule has 82 valence electrons. The smallest absolute Gasteiger partial charge is 0.128 e. The molecule has 3 nitrogen and oxygen atoms in total. The predicted molar refractivity (Wildman–Crippen MR) is 60.9 cm³/mol. The summed E-state index contributed by atoms with van der Waals surface area (Å²) < 4.78 is 0. The van der Waals surface area contributed by atoms with E-state index in [2.05, 4.69) is 21.4 Å². The van der Waals surface area contributed by atoms with Gasteiger partial charge in [-0.3, -0.25) is 0 Å². The van der Waals surface area contributed by atoms with Crippen molar-refractivity contribution in [3.05, 3.63) is 23.8 Å². The number of hydrogen-bond acceptors (Lipinski definition) is 3. The molecule has 1 aliphatic rings. The van der Waals surface area contributed by atoms with Crippen LogP contribution < -0.4 is 5.32 Å². The van der Waals surface area contributed by atoms with Crippen molar-refractivity contribution in [1.29, 1.82) is 0 Å². The van der Waals surface area contributed by atoms with Crippen LogP contribution in [0.25, 0.3) is 0 Å². The van der Waals surface area contributed by atoms with Crippen LogP contribution in [0.4, 0.5) is 0 Å². The van der Waals surface area contributed by atoms with Gasteiger partial charge in [-0.1, -0.05) is 6.42 Å². The first-order valence-corrected chi connectivity index (χ1v) is 5.86. The first-order valence-electron chi connectivity index (χ1n) is 5.86. The Labute approximate surface area is 91.3 Å². The van der Waals surface area contributed by atoms with Crippen molar-refractivity contribution in [2.45, 2.75) is 38.0 Å².